The SMILES string of the molecule is Cc1ccccc1-c1cccc(C=O)c1. The highest BCUT2D eigenvalue weighted by Crippen LogP contribution is 2.23. The highest BCUT2D eigenvalue weighted by molar-refractivity contribution is 5.79. The molecule has 0 N–H and O–H groups in total. The van der Waals surface area contributed by atoms with Crippen LogP contribution in [0.5, 0.6) is 0 Å². The zero-order valence-electron chi connectivity index (χ0n) is 8.60. The van der Waals surface area contributed by atoms with Gasteiger partial charge in [0.05, 0.1) is 0 Å². The van der Waals surface area contributed by atoms with Crippen LogP contribution in [0, 0.1) is 6.92 Å². The van der Waals surface area contributed by atoms with Crippen molar-refractivity contribution in [3.63, 3.8) is 0 Å². The molecule has 0 heterocycles. The van der Waals surface area contributed by atoms with Gasteiger partial charge < -0.3 is 0 Å². The Kier molecular flexibility index (Phi) is 2.64. The molecule has 0 unspecified atom stereocenters. The molecular formula is C14H12O. The van der Waals surface area contributed by atoms with Crippen LogP contribution in [-0.2, 0) is 0 Å². The van der Waals surface area contributed by atoms with Gasteiger partial charge in [0.25, 0.3) is 0 Å². The lowest BCUT2D eigenvalue weighted by molar-refractivity contribution is 0.112. The van der Waals surface area contributed by atoms with Crippen molar-refractivity contribution in [3.8, 4) is 11.1 Å². The quantitative estimate of drug-likeness (QED) is 0.672. The summed E-state index contributed by atoms with van der Waals surface area (Å²) in [6.45, 7) is 2.07. The molecule has 0 amide bonds. The molecule has 2 rings (SSSR count). The van der Waals surface area contributed by atoms with Gasteiger partial charge in [0.1, 0.15) is 6.29 Å². The van der Waals surface area contributed by atoms with Crippen LogP contribution in [0.3, 0.4) is 0 Å². The van der Waals surface area contributed by atoms with Gasteiger partial charge in [-0.25, -0.2) is 0 Å². The minimum absolute atomic E-state index is 0.718. The first-order valence-corrected chi connectivity index (χ1v) is 4.92. The van der Waals surface area contributed by atoms with E-state index in [1.54, 1.807) is 0 Å². The lowest BCUT2D eigenvalue weighted by Crippen LogP contribution is -1.85. The van der Waals surface area contributed by atoms with Gasteiger partial charge in [-0.05, 0) is 29.7 Å². The summed E-state index contributed by atoms with van der Waals surface area (Å²) in [5, 5.41) is 0. The Morgan fingerprint density at radius 1 is 1.00 bits per heavy atom. The molecule has 0 aliphatic heterocycles. The number of rotatable bonds is 2. The summed E-state index contributed by atoms with van der Waals surface area (Å²) in [6.07, 6.45) is 0.877. The van der Waals surface area contributed by atoms with Crippen LogP contribution >= 0.6 is 0 Å². The number of carbonyl (C=O) groups excluding carboxylic acids is 1. The number of benzene rings is 2. The van der Waals surface area contributed by atoms with Gasteiger partial charge in [-0.15, -0.1) is 0 Å². The summed E-state index contributed by atoms with van der Waals surface area (Å²) in [5.74, 6) is 0. The Morgan fingerprint density at radius 2 is 1.80 bits per heavy atom. The fourth-order valence-corrected chi connectivity index (χ4v) is 1.68. The van der Waals surface area contributed by atoms with Crippen molar-refractivity contribution in [1.29, 1.82) is 0 Å². The Bertz CT molecular complexity index is 486. The summed E-state index contributed by atoms with van der Waals surface area (Å²) in [4.78, 5) is 10.7. The minimum atomic E-state index is 0.718. The Labute approximate surface area is 89.4 Å². The van der Waals surface area contributed by atoms with E-state index in [9.17, 15) is 4.79 Å². The Hall–Kier alpha value is -1.89. The summed E-state index contributed by atoms with van der Waals surface area (Å²) in [7, 11) is 0. The first-order valence-electron chi connectivity index (χ1n) is 4.92. The maximum absolute atomic E-state index is 10.7. The number of aldehydes is 1. The molecule has 74 valence electrons. The fraction of sp³-hybridized carbons (Fsp3) is 0.0714. The molecule has 0 saturated heterocycles. The summed E-state index contributed by atoms with van der Waals surface area (Å²) in [6, 6.07) is 15.8. The normalized spacial score (nSPS) is 9.93. The van der Waals surface area contributed by atoms with Crippen molar-refractivity contribution in [2.75, 3.05) is 0 Å². The standard InChI is InChI=1S/C14H12O/c1-11-5-2-3-8-14(11)13-7-4-6-12(9-13)10-15/h2-10H,1H3. The van der Waals surface area contributed by atoms with Gasteiger partial charge >= 0.3 is 0 Å². The second-order valence-electron chi connectivity index (χ2n) is 3.56. The zero-order chi connectivity index (χ0) is 10.7. The Balaban J connectivity index is 2.54. The smallest absolute Gasteiger partial charge is 0.150 e. The topological polar surface area (TPSA) is 17.1 Å². The highest BCUT2D eigenvalue weighted by Gasteiger charge is 2.00. The maximum atomic E-state index is 10.7. The van der Waals surface area contributed by atoms with Gasteiger partial charge in [0.15, 0.2) is 0 Å². The third-order valence-electron chi connectivity index (χ3n) is 2.48. The average Bonchev–Trinajstić information content (AvgIpc) is 2.30. The second-order valence-corrected chi connectivity index (χ2v) is 3.56. The molecule has 0 bridgehead atoms. The third kappa shape index (κ3) is 1.96. The van der Waals surface area contributed by atoms with Gasteiger partial charge in [0.2, 0.25) is 0 Å². The van der Waals surface area contributed by atoms with E-state index in [4.69, 9.17) is 0 Å². The van der Waals surface area contributed by atoms with Crippen LogP contribution in [0.25, 0.3) is 11.1 Å². The molecule has 0 fully saturated rings. The molecule has 2 aromatic rings. The highest BCUT2D eigenvalue weighted by atomic mass is 16.1. The first-order chi connectivity index (χ1) is 7.31. The average molecular weight is 196 g/mol. The van der Waals surface area contributed by atoms with E-state index in [2.05, 4.69) is 19.1 Å². The molecule has 0 spiro atoms. The summed E-state index contributed by atoms with van der Waals surface area (Å²) in [5.41, 5.74) is 4.22. The molecular weight excluding hydrogens is 184 g/mol. The zero-order valence-corrected chi connectivity index (χ0v) is 8.60. The van der Waals surface area contributed by atoms with Crippen molar-refractivity contribution < 1.29 is 4.79 Å². The third-order valence-corrected chi connectivity index (χ3v) is 2.48. The van der Waals surface area contributed by atoms with Crippen molar-refractivity contribution in [3.05, 3.63) is 59.7 Å². The first kappa shape index (κ1) is 9.66. The predicted molar refractivity (Wildman–Crippen MR) is 62.0 cm³/mol. The largest absolute Gasteiger partial charge is 0.298 e. The van der Waals surface area contributed by atoms with Crippen LogP contribution in [0.1, 0.15) is 15.9 Å². The molecule has 0 aliphatic carbocycles. The number of carbonyl (C=O) groups is 1. The van der Waals surface area contributed by atoms with E-state index < -0.39 is 0 Å². The van der Waals surface area contributed by atoms with E-state index >= 15 is 0 Å². The van der Waals surface area contributed by atoms with Crippen molar-refractivity contribution >= 4 is 6.29 Å². The maximum Gasteiger partial charge on any atom is 0.150 e. The fourth-order valence-electron chi connectivity index (χ4n) is 1.68. The van der Waals surface area contributed by atoms with Crippen LogP contribution in [0.4, 0.5) is 0 Å². The minimum Gasteiger partial charge on any atom is -0.298 e. The van der Waals surface area contributed by atoms with Crippen LogP contribution in [0.15, 0.2) is 48.5 Å². The molecule has 0 aliphatic rings. The molecule has 0 aromatic heterocycles. The van der Waals surface area contributed by atoms with Gasteiger partial charge in [0, 0.05) is 5.56 Å². The van der Waals surface area contributed by atoms with Crippen LogP contribution < -0.4 is 0 Å². The molecule has 1 heteroatoms. The van der Waals surface area contributed by atoms with Crippen molar-refractivity contribution in [2.45, 2.75) is 6.92 Å². The van der Waals surface area contributed by atoms with E-state index in [1.165, 1.54) is 11.1 Å². The lowest BCUT2D eigenvalue weighted by atomic mass is 9.99. The molecule has 2 aromatic carbocycles. The van der Waals surface area contributed by atoms with Crippen molar-refractivity contribution in [2.24, 2.45) is 0 Å². The van der Waals surface area contributed by atoms with E-state index in [0.29, 0.717) is 0 Å². The molecule has 15 heavy (non-hydrogen) atoms. The van der Waals surface area contributed by atoms with Crippen LogP contribution in [-0.4, -0.2) is 6.29 Å². The molecule has 0 atom stereocenters. The molecule has 1 nitrogen and oxygen atoms in total. The monoisotopic (exact) mass is 196 g/mol. The predicted octanol–water partition coefficient (Wildman–Crippen LogP) is 3.47. The second kappa shape index (κ2) is 4.09. The molecule has 0 saturated carbocycles. The summed E-state index contributed by atoms with van der Waals surface area (Å²) < 4.78 is 0. The van der Waals surface area contributed by atoms with E-state index in [0.717, 1.165) is 17.4 Å². The van der Waals surface area contributed by atoms with Gasteiger partial charge in [-0.2, -0.15) is 0 Å². The Morgan fingerprint density at radius 3 is 2.53 bits per heavy atom. The van der Waals surface area contributed by atoms with Gasteiger partial charge in [-0.3, -0.25) is 4.79 Å². The summed E-state index contributed by atoms with van der Waals surface area (Å²) >= 11 is 0. The van der Waals surface area contributed by atoms with E-state index in [-0.39, 0.29) is 0 Å². The van der Waals surface area contributed by atoms with Crippen molar-refractivity contribution in [1.82, 2.24) is 0 Å². The lowest BCUT2D eigenvalue weighted by Gasteiger charge is -2.05. The van der Waals surface area contributed by atoms with E-state index in [1.807, 2.05) is 36.4 Å². The number of hydrogen-bond donors (Lipinski definition) is 0. The van der Waals surface area contributed by atoms with Gasteiger partial charge in [-0.1, -0.05) is 42.5 Å². The van der Waals surface area contributed by atoms with Crippen LogP contribution in [0.2, 0.25) is 0 Å². The number of hydrogen-bond acceptors (Lipinski definition) is 1. The number of aryl methyl sites for hydroxylation is 1. The molecule has 0 radical (unpaired) electrons.